The second-order valence-corrected chi connectivity index (χ2v) is 5.27. The third kappa shape index (κ3) is 4.87. The number of nitrogens with one attached hydrogen (secondary N) is 2. The lowest BCUT2D eigenvalue weighted by Crippen LogP contribution is -2.29. The van der Waals surface area contributed by atoms with Crippen LogP contribution in [0.2, 0.25) is 5.02 Å². The molecule has 0 bridgehead atoms. The lowest BCUT2D eigenvalue weighted by Gasteiger charge is -2.12. The molecule has 0 atom stereocenters. The number of anilines is 2. The third-order valence-electron chi connectivity index (χ3n) is 3.04. The van der Waals surface area contributed by atoms with Crippen LogP contribution in [0.4, 0.5) is 24.5 Å². The molecule has 0 heterocycles. The maximum atomic E-state index is 12.3. The van der Waals surface area contributed by atoms with Gasteiger partial charge in [-0.1, -0.05) is 17.7 Å². The number of hydrogen-bond acceptors (Lipinski definition) is 3. The molecule has 2 rings (SSSR count). The first-order valence-electron chi connectivity index (χ1n) is 6.84. The summed E-state index contributed by atoms with van der Waals surface area (Å²) >= 11 is 5.86. The van der Waals surface area contributed by atoms with Crippen molar-refractivity contribution in [1.82, 2.24) is 0 Å². The fourth-order valence-electron chi connectivity index (χ4n) is 1.93. The number of benzene rings is 2. The van der Waals surface area contributed by atoms with Gasteiger partial charge >= 0.3 is 12.1 Å². The Bertz CT molecular complexity index is 809. The van der Waals surface area contributed by atoms with E-state index in [1.165, 1.54) is 43.5 Å². The summed E-state index contributed by atoms with van der Waals surface area (Å²) in [5, 5.41) is 4.53. The van der Waals surface area contributed by atoms with Gasteiger partial charge in [-0.3, -0.25) is 9.59 Å². The van der Waals surface area contributed by atoms with Crippen molar-refractivity contribution in [3.05, 3.63) is 53.1 Å². The molecule has 0 saturated carbocycles. The summed E-state index contributed by atoms with van der Waals surface area (Å²) in [6.07, 6.45) is -5.01. The van der Waals surface area contributed by atoms with Crippen LogP contribution in [0.1, 0.15) is 10.4 Å². The summed E-state index contributed by atoms with van der Waals surface area (Å²) in [5.41, 5.74) is 0.227. The molecule has 2 aromatic carbocycles. The Hall–Kier alpha value is -2.74. The number of carbonyl (C=O) groups excluding carboxylic acids is 2. The highest BCUT2D eigenvalue weighted by atomic mass is 35.5. The van der Waals surface area contributed by atoms with E-state index in [9.17, 15) is 22.8 Å². The normalized spacial score (nSPS) is 10.9. The first-order valence-corrected chi connectivity index (χ1v) is 7.21. The topological polar surface area (TPSA) is 67.4 Å². The summed E-state index contributed by atoms with van der Waals surface area (Å²) in [4.78, 5) is 23.3. The fourth-order valence-corrected chi connectivity index (χ4v) is 2.10. The average Bonchev–Trinajstić information content (AvgIpc) is 2.54. The molecule has 2 aromatic rings. The van der Waals surface area contributed by atoms with Gasteiger partial charge in [0.15, 0.2) is 0 Å². The molecule has 0 aliphatic carbocycles. The third-order valence-corrected chi connectivity index (χ3v) is 3.28. The highest BCUT2D eigenvalue weighted by molar-refractivity contribution is 6.31. The summed E-state index contributed by atoms with van der Waals surface area (Å²) < 4.78 is 41.9. The zero-order valence-corrected chi connectivity index (χ0v) is 13.5. The first kappa shape index (κ1) is 18.6. The zero-order valence-electron chi connectivity index (χ0n) is 12.8. The Kier molecular flexibility index (Phi) is 5.53. The highest BCUT2D eigenvalue weighted by Gasteiger charge is 2.38. The lowest BCUT2D eigenvalue weighted by atomic mass is 10.1. The van der Waals surface area contributed by atoms with Gasteiger partial charge in [-0.05, 0) is 36.4 Å². The first-order chi connectivity index (χ1) is 11.7. The number of methoxy groups -OCH3 is 1. The Balaban J connectivity index is 2.18. The van der Waals surface area contributed by atoms with Crippen LogP contribution < -0.4 is 15.4 Å². The van der Waals surface area contributed by atoms with E-state index < -0.39 is 18.0 Å². The minimum atomic E-state index is -5.01. The number of amides is 2. The Morgan fingerprint density at radius 1 is 1.04 bits per heavy atom. The van der Waals surface area contributed by atoms with Gasteiger partial charge in [0.05, 0.1) is 12.7 Å². The molecule has 25 heavy (non-hydrogen) atoms. The minimum Gasteiger partial charge on any atom is -0.496 e. The monoisotopic (exact) mass is 372 g/mol. The van der Waals surface area contributed by atoms with E-state index in [4.69, 9.17) is 16.3 Å². The van der Waals surface area contributed by atoms with Gasteiger partial charge in [0.2, 0.25) is 0 Å². The molecule has 2 N–H and O–H groups in total. The van der Waals surface area contributed by atoms with Crippen molar-refractivity contribution in [2.45, 2.75) is 6.18 Å². The summed E-state index contributed by atoms with van der Waals surface area (Å²) in [7, 11) is 1.38. The SMILES string of the molecule is COc1ccc(Cl)cc1C(=O)Nc1cccc(NC(=O)C(F)(F)F)c1. The van der Waals surface area contributed by atoms with E-state index in [1.54, 1.807) is 11.4 Å². The molecular weight excluding hydrogens is 361 g/mol. The summed E-state index contributed by atoms with van der Waals surface area (Å²) in [5.74, 6) is -2.39. The van der Waals surface area contributed by atoms with Crippen molar-refractivity contribution in [3.8, 4) is 5.75 Å². The number of rotatable bonds is 4. The van der Waals surface area contributed by atoms with Crippen LogP contribution in [-0.2, 0) is 4.79 Å². The van der Waals surface area contributed by atoms with E-state index in [0.29, 0.717) is 5.02 Å². The van der Waals surface area contributed by atoms with Crippen molar-refractivity contribution >= 4 is 34.8 Å². The Labute approximate surface area is 145 Å². The number of ether oxygens (including phenoxy) is 1. The van der Waals surface area contributed by atoms with Crippen LogP contribution in [0.3, 0.4) is 0 Å². The molecule has 0 saturated heterocycles. The largest absolute Gasteiger partial charge is 0.496 e. The standard InChI is InChI=1S/C16H12ClF3N2O3/c1-25-13-6-5-9(17)7-12(13)14(23)21-10-3-2-4-11(8-10)22-15(24)16(18,19)20/h2-8H,1H3,(H,21,23)(H,22,24). The molecule has 0 radical (unpaired) electrons. The zero-order chi connectivity index (χ0) is 18.6. The quantitative estimate of drug-likeness (QED) is 0.849. The van der Waals surface area contributed by atoms with E-state index in [-0.39, 0.29) is 22.7 Å². The van der Waals surface area contributed by atoms with Crippen LogP contribution in [0.5, 0.6) is 5.75 Å². The number of alkyl halides is 3. The van der Waals surface area contributed by atoms with Gasteiger partial charge < -0.3 is 15.4 Å². The van der Waals surface area contributed by atoms with Crippen molar-refractivity contribution < 1.29 is 27.5 Å². The van der Waals surface area contributed by atoms with Crippen LogP contribution in [0.15, 0.2) is 42.5 Å². The van der Waals surface area contributed by atoms with Gasteiger partial charge in [0.1, 0.15) is 5.75 Å². The van der Waals surface area contributed by atoms with Crippen LogP contribution in [-0.4, -0.2) is 25.1 Å². The molecule has 0 aliphatic heterocycles. The molecule has 2 amide bonds. The van der Waals surface area contributed by atoms with Crippen molar-refractivity contribution in [2.24, 2.45) is 0 Å². The molecule has 0 unspecified atom stereocenters. The molecule has 0 fully saturated rings. The van der Waals surface area contributed by atoms with Crippen LogP contribution >= 0.6 is 11.6 Å². The summed E-state index contributed by atoms with van der Waals surface area (Å²) in [6, 6.07) is 9.75. The van der Waals surface area contributed by atoms with Gasteiger partial charge in [0.25, 0.3) is 5.91 Å². The van der Waals surface area contributed by atoms with E-state index in [1.807, 2.05) is 0 Å². The molecule has 0 aromatic heterocycles. The van der Waals surface area contributed by atoms with E-state index in [2.05, 4.69) is 5.32 Å². The minimum absolute atomic E-state index is 0.113. The van der Waals surface area contributed by atoms with Gasteiger partial charge in [0, 0.05) is 16.4 Å². The molecule has 0 aliphatic rings. The van der Waals surface area contributed by atoms with E-state index in [0.717, 1.165) is 0 Å². The Morgan fingerprint density at radius 3 is 2.28 bits per heavy atom. The number of carbonyl (C=O) groups is 2. The van der Waals surface area contributed by atoms with Gasteiger partial charge in [-0.25, -0.2) is 0 Å². The van der Waals surface area contributed by atoms with Crippen molar-refractivity contribution in [3.63, 3.8) is 0 Å². The maximum Gasteiger partial charge on any atom is 0.471 e. The van der Waals surface area contributed by atoms with Crippen molar-refractivity contribution in [2.75, 3.05) is 17.7 Å². The van der Waals surface area contributed by atoms with Gasteiger partial charge in [-0.2, -0.15) is 13.2 Å². The summed E-state index contributed by atoms with van der Waals surface area (Å²) in [6.45, 7) is 0. The smallest absolute Gasteiger partial charge is 0.471 e. The van der Waals surface area contributed by atoms with Crippen molar-refractivity contribution in [1.29, 1.82) is 0 Å². The maximum absolute atomic E-state index is 12.3. The lowest BCUT2D eigenvalue weighted by molar-refractivity contribution is -0.167. The predicted octanol–water partition coefficient (Wildman–Crippen LogP) is 4.10. The number of halogens is 4. The predicted molar refractivity (Wildman–Crippen MR) is 87.1 cm³/mol. The van der Waals surface area contributed by atoms with Crippen LogP contribution in [0, 0.1) is 0 Å². The molecule has 132 valence electrons. The Morgan fingerprint density at radius 2 is 1.68 bits per heavy atom. The molecule has 9 heteroatoms. The van der Waals surface area contributed by atoms with Gasteiger partial charge in [-0.15, -0.1) is 0 Å². The second-order valence-electron chi connectivity index (χ2n) is 4.83. The second kappa shape index (κ2) is 7.43. The fraction of sp³-hybridized carbons (Fsp3) is 0.125. The molecule has 5 nitrogen and oxygen atoms in total. The number of hydrogen-bond donors (Lipinski definition) is 2. The average molecular weight is 373 g/mol. The van der Waals surface area contributed by atoms with E-state index >= 15 is 0 Å². The molecule has 0 spiro atoms. The van der Waals surface area contributed by atoms with Crippen LogP contribution in [0.25, 0.3) is 0 Å². The molecular formula is C16H12ClF3N2O3. The highest BCUT2D eigenvalue weighted by Crippen LogP contribution is 2.25.